The molecular formula is C12H12N2OS2. The molecule has 5 heteroatoms. The van der Waals surface area contributed by atoms with Crippen molar-refractivity contribution in [1.29, 1.82) is 10.5 Å². The van der Waals surface area contributed by atoms with Crippen LogP contribution in [0.2, 0.25) is 0 Å². The van der Waals surface area contributed by atoms with E-state index in [1.807, 2.05) is 13.0 Å². The van der Waals surface area contributed by atoms with Crippen molar-refractivity contribution in [2.75, 3.05) is 0 Å². The molecule has 2 atom stereocenters. The van der Waals surface area contributed by atoms with Crippen LogP contribution in [0.15, 0.2) is 23.8 Å². The van der Waals surface area contributed by atoms with Crippen molar-refractivity contribution < 1.29 is 4.79 Å². The standard InChI is InChI=1S/C12H12N2OS2/c1-2-5-12(8-14)6-9(7-13)3-4-10(12)17-11(15)16/h3-4,6,10H,2,5H2,1H3,(H,15,16). The van der Waals surface area contributed by atoms with Gasteiger partial charge in [0.2, 0.25) is 4.45 Å². The number of rotatable bonds is 3. The Morgan fingerprint density at radius 1 is 1.65 bits per heavy atom. The Labute approximate surface area is 111 Å². The molecule has 0 fully saturated rings. The fourth-order valence-corrected chi connectivity index (χ4v) is 3.04. The molecule has 0 aromatic rings. The van der Waals surface area contributed by atoms with Gasteiger partial charge < -0.3 is 0 Å². The first-order valence-corrected chi connectivity index (χ1v) is 6.52. The van der Waals surface area contributed by atoms with Gasteiger partial charge in [-0.05, 0) is 18.6 Å². The van der Waals surface area contributed by atoms with Crippen LogP contribution in [0.4, 0.5) is 4.79 Å². The van der Waals surface area contributed by atoms with E-state index in [1.54, 1.807) is 18.2 Å². The molecule has 88 valence electrons. The van der Waals surface area contributed by atoms with Gasteiger partial charge in [-0.25, -0.2) is 0 Å². The topological polar surface area (TPSA) is 64.7 Å². The molecule has 1 aliphatic carbocycles. The molecule has 0 N–H and O–H groups in total. The molecule has 0 radical (unpaired) electrons. The molecule has 0 heterocycles. The maximum Gasteiger partial charge on any atom is 0.243 e. The van der Waals surface area contributed by atoms with Crippen LogP contribution in [-0.2, 0) is 0 Å². The molecule has 0 aromatic heterocycles. The number of allylic oxidation sites excluding steroid dienone is 3. The second kappa shape index (κ2) is 5.95. The fourth-order valence-electron chi connectivity index (χ4n) is 1.87. The van der Waals surface area contributed by atoms with Crippen LogP contribution in [0.25, 0.3) is 0 Å². The normalized spacial score (nSPS) is 26.8. The summed E-state index contributed by atoms with van der Waals surface area (Å²) in [4.78, 5) is 11.1. The van der Waals surface area contributed by atoms with Gasteiger partial charge in [0.25, 0.3) is 0 Å². The lowest BCUT2D eigenvalue weighted by molar-refractivity contribution is 0.276. The first-order valence-electron chi connectivity index (χ1n) is 5.20. The predicted molar refractivity (Wildman–Crippen MR) is 71.6 cm³/mol. The van der Waals surface area contributed by atoms with Crippen LogP contribution in [0.5, 0.6) is 0 Å². The summed E-state index contributed by atoms with van der Waals surface area (Å²) in [5.74, 6) is 0. The molecular weight excluding hydrogens is 252 g/mol. The van der Waals surface area contributed by atoms with Crippen molar-refractivity contribution in [2.24, 2.45) is 5.41 Å². The van der Waals surface area contributed by atoms with Crippen molar-refractivity contribution in [2.45, 2.75) is 25.0 Å². The lowest BCUT2D eigenvalue weighted by Crippen LogP contribution is -2.31. The summed E-state index contributed by atoms with van der Waals surface area (Å²) >= 11 is 4.75. The minimum Gasteiger partial charge on any atom is -0.275 e. The number of thioether (sulfide) groups is 1. The Hall–Kier alpha value is -1.17. The summed E-state index contributed by atoms with van der Waals surface area (Å²) in [7, 11) is 0. The fraction of sp³-hybridized carbons (Fsp3) is 0.417. The highest BCUT2D eigenvalue weighted by Crippen LogP contribution is 2.42. The largest absolute Gasteiger partial charge is 0.275 e. The summed E-state index contributed by atoms with van der Waals surface area (Å²) in [6, 6.07) is 4.29. The zero-order valence-electron chi connectivity index (χ0n) is 9.38. The van der Waals surface area contributed by atoms with E-state index in [4.69, 9.17) is 5.26 Å². The first-order chi connectivity index (χ1) is 8.07. The molecule has 0 saturated carbocycles. The summed E-state index contributed by atoms with van der Waals surface area (Å²) in [5.41, 5.74) is -0.305. The van der Waals surface area contributed by atoms with Gasteiger partial charge in [-0.1, -0.05) is 43.8 Å². The Bertz CT molecular complexity index is 456. The van der Waals surface area contributed by atoms with E-state index >= 15 is 0 Å². The van der Waals surface area contributed by atoms with Gasteiger partial charge in [-0.3, -0.25) is 4.79 Å². The molecule has 0 aromatic carbocycles. The number of nitriles is 2. The van der Waals surface area contributed by atoms with Crippen molar-refractivity contribution in [3.8, 4) is 12.1 Å². The van der Waals surface area contributed by atoms with Crippen molar-refractivity contribution in [3.63, 3.8) is 0 Å². The Balaban J connectivity index is 3.11. The van der Waals surface area contributed by atoms with Gasteiger partial charge in [-0.15, -0.1) is 0 Å². The molecule has 2 unspecified atom stereocenters. The zero-order chi connectivity index (χ0) is 12.9. The Morgan fingerprint density at radius 2 is 2.35 bits per heavy atom. The van der Waals surface area contributed by atoms with Crippen molar-refractivity contribution >= 4 is 28.8 Å². The van der Waals surface area contributed by atoms with Crippen molar-refractivity contribution in [3.05, 3.63) is 23.8 Å². The molecule has 1 aliphatic rings. The SMILES string of the molecule is CCCC1(C#N)C=C(C#N)C=CC1SC(=O)S. The number of hydrogen-bond acceptors (Lipinski definition) is 4. The summed E-state index contributed by atoms with van der Waals surface area (Å²) in [6.07, 6.45) is 6.51. The summed E-state index contributed by atoms with van der Waals surface area (Å²) < 4.78 is -0.316. The van der Waals surface area contributed by atoms with E-state index in [1.165, 1.54) is 0 Å². The highest BCUT2D eigenvalue weighted by atomic mass is 32.2. The number of carbonyl (C=O) groups excluding carboxylic acids is 1. The first kappa shape index (κ1) is 13.9. The smallest absolute Gasteiger partial charge is 0.243 e. The van der Waals surface area contributed by atoms with E-state index in [9.17, 15) is 10.1 Å². The molecule has 0 bridgehead atoms. The molecule has 0 amide bonds. The highest BCUT2D eigenvalue weighted by Gasteiger charge is 2.38. The second-order valence-electron chi connectivity index (χ2n) is 3.78. The van der Waals surface area contributed by atoms with Crippen molar-refractivity contribution in [1.82, 2.24) is 0 Å². The minimum absolute atomic E-state index is 0.269. The summed E-state index contributed by atoms with van der Waals surface area (Å²) in [6.45, 7) is 1.97. The van der Waals surface area contributed by atoms with Crippen LogP contribution in [-0.4, -0.2) is 9.70 Å². The van der Waals surface area contributed by atoms with Gasteiger partial charge in [0, 0.05) is 5.57 Å². The maximum absolute atomic E-state index is 11.1. The number of nitrogens with zero attached hydrogens (tertiary/aromatic N) is 2. The minimum atomic E-state index is -0.780. The molecule has 0 aliphatic heterocycles. The molecule has 0 spiro atoms. The van der Waals surface area contributed by atoms with Crippen LogP contribution in [0, 0.1) is 28.1 Å². The van der Waals surface area contributed by atoms with E-state index in [0.29, 0.717) is 12.0 Å². The van der Waals surface area contributed by atoms with Gasteiger partial charge >= 0.3 is 0 Å². The van der Waals surface area contributed by atoms with E-state index < -0.39 is 5.41 Å². The van der Waals surface area contributed by atoms with Crippen LogP contribution in [0.3, 0.4) is 0 Å². The monoisotopic (exact) mass is 264 g/mol. The summed E-state index contributed by atoms with van der Waals surface area (Å²) in [5, 5.41) is 18.0. The third kappa shape index (κ3) is 3.15. The van der Waals surface area contributed by atoms with E-state index in [2.05, 4.69) is 18.7 Å². The van der Waals surface area contributed by atoms with E-state index in [0.717, 1.165) is 18.2 Å². The third-order valence-corrected chi connectivity index (χ3v) is 3.95. The zero-order valence-corrected chi connectivity index (χ0v) is 11.1. The molecule has 17 heavy (non-hydrogen) atoms. The van der Waals surface area contributed by atoms with Crippen LogP contribution >= 0.6 is 24.4 Å². The maximum atomic E-state index is 11.1. The second-order valence-corrected chi connectivity index (χ2v) is 5.60. The highest BCUT2D eigenvalue weighted by molar-refractivity contribution is 8.32. The quantitative estimate of drug-likeness (QED) is 0.793. The van der Waals surface area contributed by atoms with Crippen LogP contribution in [0.1, 0.15) is 19.8 Å². The predicted octanol–water partition coefficient (Wildman–Crippen LogP) is 3.47. The number of hydrogen-bond donors (Lipinski definition) is 1. The third-order valence-electron chi connectivity index (χ3n) is 2.60. The van der Waals surface area contributed by atoms with Gasteiger partial charge in [-0.2, -0.15) is 10.5 Å². The molecule has 3 nitrogen and oxygen atoms in total. The lowest BCUT2D eigenvalue weighted by Gasteiger charge is -2.31. The van der Waals surface area contributed by atoms with Gasteiger partial charge in [0.1, 0.15) is 0 Å². The van der Waals surface area contributed by atoms with E-state index in [-0.39, 0.29) is 9.70 Å². The molecule has 0 saturated heterocycles. The average molecular weight is 264 g/mol. The van der Waals surface area contributed by atoms with Crippen LogP contribution < -0.4 is 0 Å². The Kier molecular flexibility index (Phi) is 4.86. The number of carbonyl (C=O) groups is 1. The van der Waals surface area contributed by atoms with Gasteiger partial charge in [0.15, 0.2) is 0 Å². The number of thiol groups is 1. The average Bonchev–Trinajstić information content (AvgIpc) is 2.31. The Morgan fingerprint density at radius 3 is 2.82 bits per heavy atom. The van der Waals surface area contributed by atoms with Gasteiger partial charge in [0.05, 0.1) is 22.8 Å². The molecule has 1 rings (SSSR count). The lowest BCUT2D eigenvalue weighted by atomic mass is 9.77.